The first-order valence-electron chi connectivity index (χ1n) is 5.36. The van der Waals surface area contributed by atoms with Gasteiger partial charge in [0, 0.05) is 13.2 Å². The average Bonchev–Trinajstić information content (AvgIpc) is 2.16. The van der Waals surface area contributed by atoms with E-state index in [4.69, 9.17) is 6.85 Å². The Morgan fingerprint density at radius 1 is 1.60 bits per heavy atom. The Kier molecular flexibility index (Phi) is 0.906. The second-order valence-electron chi connectivity index (χ2n) is 1.82. The van der Waals surface area contributed by atoms with Crippen LogP contribution in [-0.4, -0.2) is 5.78 Å². The molecule has 0 spiro atoms. The van der Waals surface area contributed by atoms with Crippen LogP contribution >= 0.6 is 0 Å². The largest absolute Gasteiger partial charge is 0.300 e. The summed E-state index contributed by atoms with van der Waals surface area (Å²) in [5.41, 5.74) is 0.0612. The van der Waals surface area contributed by atoms with Gasteiger partial charge in [-0.1, -0.05) is 30.3 Å². The van der Waals surface area contributed by atoms with Crippen molar-refractivity contribution >= 4 is 5.78 Å². The van der Waals surface area contributed by atoms with E-state index in [9.17, 15) is 4.79 Å². The van der Waals surface area contributed by atoms with Gasteiger partial charge in [0.15, 0.2) is 0 Å². The van der Waals surface area contributed by atoms with E-state index in [-0.39, 0.29) is 5.56 Å². The summed E-state index contributed by atoms with van der Waals surface area (Å²) in [6.45, 7) is -2.92. The molecule has 0 heterocycles. The summed E-state index contributed by atoms with van der Waals surface area (Å²) < 4.78 is 35.6. The second kappa shape index (κ2) is 3.16. The van der Waals surface area contributed by atoms with Crippen molar-refractivity contribution in [2.45, 2.75) is 13.2 Å². The van der Waals surface area contributed by atoms with Crippen molar-refractivity contribution in [1.29, 1.82) is 0 Å². The molecule has 1 nitrogen and oxygen atoms in total. The van der Waals surface area contributed by atoms with Crippen LogP contribution in [0, 0.1) is 0 Å². The highest BCUT2D eigenvalue weighted by Gasteiger charge is 1.93. The first-order chi connectivity index (χ1) is 6.76. The Labute approximate surface area is 67.7 Å². The van der Waals surface area contributed by atoms with Crippen molar-refractivity contribution in [3.63, 3.8) is 0 Å². The van der Waals surface area contributed by atoms with E-state index in [1.54, 1.807) is 18.2 Å². The summed E-state index contributed by atoms with van der Waals surface area (Å²) in [4.78, 5) is 11.3. The zero-order chi connectivity index (χ0) is 11.7. The standard InChI is InChI=1S/C9H10O/c1-8(10)7-9-5-3-2-4-6-9/h2-6H,7H2,1H3/i1D3,7D2. The Hall–Kier alpha value is -1.11. The van der Waals surface area contributed by atoms with Gasteiger partial charge < -0.3 is 0 Å². The number of hydrogen-bond acceptors (Lipinski definition) is 1. The van der Waals surface area contributed by atoms with Crippen LogP contribution in [0.5, 0.6) is 0 Å². The van der Waals surface area contributed by atoms with Crippen LogP contribution in [0.1, 0.15) is 19.3 Å². The molecule has 0 aliphatic heterocycles. The van der Waals surface area contributed by atoms with Crippen LogP contribution < -0.4 is 0 Å². The van der Waals surface area contributed by atoms with Gasteiger partial charge in [-0.05, 0) is 12.4 Å². The molecule has 0 saturated carbocycles. The third kappa shape index (κ3) is 2.02. The van der Waals surface area contributed by atoms with E-state index in [2.05, 4.69) is 0 Å². The van der Waals surface area contributed by atoms with Crippen LogP contribution in [0.15, 0.2) is 30.3 Å². The number of benzene rings is 1. The number of carbonyl (C=O) groups excluding carboxylic acids is 1. The fraction of sp³-hybridized carbons (Fsp3) is 0.222. The van der Waals surface area contributed by atoms with Crippen molar-refractivity contribution in [3.05, 3.63) is 35.9 Å². The maximum Gasteiger partial charge on any atom is 0.134 e. The van der Waals surface area contributed by atoms with Crippen LogP contribution in [0.25, 0.3) is 0 Å². The van der Waals surface area contributed by atoms with Gasteiger partial charge in [-0.3, -0.25) is 4.79 Å². The molecule has 0 radical (unpaired) electrons. The van der Waals surface area contributed by atoms with Gasteiger partial charge in [0.05, 0.1) is 0 Å². The molecule has 0 aromatic heterocycles. The van der Waals surface area contributed by atoms with E-state index in [0.29, 0.717) is 0 Å². The van der Waals surface area contributed by atoms with Crippen LogP contribution in [0.3, 0.4) is 0 Å². The van der Waals surface area contributed by atoms with Gasteiger partial charge in [-0.25, -0.2) is 0 Å². The summed E-state index contributed by atoms with van der Waals surface area (Å²) >= 11 is 0. The predicted molar refractivity (Wildman–Crippen MR) is 40.8 cm³/mol. The second-order valence-corrected chi connectivity index (χ2v) is 1.82. The molecule has 10 heavy (non-hydrogen) atoms. The monoisotopic (exact) mass is 139 g/mol. The van der Waals surface area contributed by atoms with Gasteiger partial charge >= 0.3 is 0 Å². The molecule has 1 rings (SSSR count). The summed E-state index contributed by atoms with van der Waals surface area (Å²) in [6.07, 6.45) is -2.47. The first-order valence-corrected chi connectivity index (χ1v) is 2.86. The van der Waals surface area contributed by atoms with Crippen molar-refractivity contribution in [3.8, 4) is 0 Å². The molecule has 0 bridgehead atoms. The molecule has 0 N–H and O–H groups in total. The summed E-state index contributed by atoms with van der Waals surface area (Å²) in [5, 5.41) is 0. The van der Waals surface area contributed by atoms with Crippen molar-refractivity contribution in [1.82, 2.24) is 0 Å². The van der Waals surface area contributed by atoms with Crippen LogP contribution in [0.4, 0.5) is 0 Å². The van der Waals surface area contributed by atoms with Crippen molar-refractivity contribution in [2.24, 2.45) is 0 Å². The molecule has 0 saturated heterocycles. The van der Waals surface area contributed by atoms with E-state index < -0.39 is 19.0 Å². The van der Waals surface area contributed by atoms with Gasteiger partial charge in [0.25, 0.3) is 0 Å². The first kappa shape index (κ1) is 2.87. The minimum atomic E-state index is -2.92. The average molecular weight is 139 g/mol. The number of ketones is 1. The minimum absolute atomic E-state index is 0.0612. The molecule has 1 aromatic carbocycles. The van der Waals surface area contributed by atoms with Crippen molar-refractivity contribution in [2.75, 3.05) is 0 Å². The Morgan fingerprint density at radius 2 is 2.30 bits per heavy atom. The SMILES string of the molecule is [2H]C([2H])([2H])C(=O)C([2H])([2H])c1ccccc1. The molecule has 1 aromatic rings. The van der Waals surface area contributed by atoms with Crippen LogP contribution in [0.2, 0.25) is 0 Å². The number of carbonyl (C=O) groups is 1. The number of rotatable bonds is 2. The fourth-order valence-corrected chi connectivity index (χ4v) is 0.653. The highest BCUT2D eigenvalue weighted by molar-refractivity contribution is 5.78. The lowest BCUT2D eigenvalue weighted by Gasteiger charge is -1.93. The third-order valence-corrected chi connectivity index (χ3v) is 1.03. The van der Waals surface area contributed by atoms with Crippen molar-refractivity contribution < 1.29 is 11.6 Å². The lowest BCUT2D eigenvalue weighted by atomic mass is 10.1. The lowest BCUT2D eigenvalue weighted by molar-refractivity contribution is -0.116. The Morgan fingerprint density at radius 3 is 2.90 bits per heavy atom. The Balaban J connectivity index is 3.09. The van der Waals surface area contributed by atoms with Gasteiger partial charge in [0.1, 0.15) is 5.78 Å². The zero-order valence-electron chi connectivity index (χ0n) is 10.3. The van der Waals surface area contributed by atoms with Gasteiger partial charge in [0.2, 0.25) is 0 Å². The molecule has 0 atom stereocenters. The molecule has 0 amide bonds. The fourth-order valence-electron chi connectivity index (χ4n) is 0.653. The zero-order valence-corrected chi connectivity index (χ0v) is 5.29. The van der Waals surface area contributed by atoms with Crippen LogP contribution in [-0.2, 0) is 11.2 Å². The molecular weight excluding hydrogens is 124 g/mol. The maximum absolute atomic E-state index is 11.3. The van der Waals surface area contributed by atoms with E-state index in [0.717, 1.165) is 0 Å². The minimum Gasteiger partial charge on any atom is -0.300 e. The molecule has 0 aliphatic rings. The highest BCUT2D eigenvalue weighted by atomic mass is 16.1. The van der Waals surface area contributed by atoms with E-state index in [1.807, 2.05) is 0 Å². The van der Waals surface area contributed by atoms with E-state index in [1.165, 1.54) is 12.1 Å². The predicted octanol–water partition coefficient (Wildman–Crippen LogP) is 1.82. The third-order valence-electron chi connectivity index (χ3n) is 1.03. The van der Waals surface area contributed by atoms with Gasteiger partial charge in [-0.2, -0.15) is 0 Å². The highest BCUT2D eigenvalue weighted by Crippen LogP contribution is 1.98. The molecule has 0 unspecified atom stereocenters. The molecule has 0 fully saturated rings. The summed E-state index contributed by atoms with van der Waals surface area (Å²) in [5.74, 6) is -1.39. The number of Topliss-reactive ketones (excluding diaryl/α,β-unsaturated/α-hetero) is 1. The Bertz CT molecular complexity index is 355. The summed E-state index contributed by atoms with van der Waals surface area (Å²) in [7, 11) is 0. The quantitative estimate of drug-likeness (QED) is 0.610. The normalized spacial score (nSPS) is 19.4. The molecule has 1 heteroatoms. The molecule has 0 aliphatic carbocycles. The maximum atomic E-state index is 11.3. The van der Waals surface area contributed by atoms with E-state index >= 15 is 0 Å². The number of hydrogen-bond donors (Lipinski definition) is 0. The summed E-state index contributed by atoms with van der Waals surface area (Å²) in [6, 6.07) is 7.56. The smallest absolute Gasteiger partial charge is 0.134 e. The lowest BCUT2D eigenvalue weighted by Crippen LogP contribution is -1.94. The van der Waals surface area contributed by atoms with Gasteiger partial charge in [-0.15, -0.1) is 0 Å². The molecular formula is C9H10O. The molecule has 52 valence electrons. The topological polar surface area (TPSA) is 17.1 Å².